The molecule has 2 aliphatic rings. The zero-order valence-corrected chi connectivity index (χ0v) is 17.6. The van der Waals surface area contributed by atoms with Crippen molar-refractivity contribution >= 4 is 33.5 Å². The number of aromatic nitrogens is 5. The summed E-state index contributed by atoms with van der Waals surface area (Å²) in [6, 6.07) is 8.31. The number of rotatable bonds is 3. The van der Waals surface area contributed by atoms with Crippen LogP contribution < -0.4 is 10.8 Å². The lowest BCUT2D eigenvalue weighted by atomic mass is 10.1. The summed E-state index contributed by atoms with van der Waals surface area (Å²) in [7, 11) is 1.73. The Kier molecular flexibility index (Phi) is 4.28. The number of amides is 1. The number of nitrogens with zero attached hydrogens (tertiary/aromatic N) is 5. The van der Waals surface area contributed by atoms with Gasteiger partial charge in [-0.15, -0.1) is 5.10 Å². The molecule has 0 bridgehead atoms. The van der Waals surface area contributed by atoms with Crippen molar-refractivity contribution in [1.29, 1.82) is 0 Å². The van der Waals surface area contributed by atoms with Crippen molar-refractivity contribution in [2.45, 2.75) is 31.7 Å². The fraction of sp³-hybridized carbons (Fsp3) is 0.292. The van der Waals surface area contributed by atoms with E-state index in [0.29, 0.717) is 11.9 Å². The highest BCUT2D eigenvalue weighted by Crippen LogP contribution is 2.36. The van der Waals surface area contributed by atoms with Gasteiger partial charge in [-0.2, -0.15) is 0 Å². The fourth-order valence-electron chi connectivity index (χ4n) is 3.84. The largest absolute Gasteiger partial charge is 0.345 e. The van der Waals surface area contributed by atoms with E-state index in [1.165, 1.54) is 0 Å². The van der Waals surface area contributed by atoms with Crippen LogP contribution in [0, 0.1) is 17.8 Å². The van der Waals surface area contributed by atoms with Crippen LogP contribution in [0.3, 0.4) is 0 Å². The van der Waals surface area contributed by atoms with Crippen molar-refractivity contribution < 1.29 is 4.79 Å². The third-order valence-corrected chi connectivity index (χ3v) is 5.93. The Morgan fingerprint density at radius 2 is 2.06 bits per heavy atom. The number of pyridine rings is 2. The van der Waals surface area contributed by atoms with Gasteiger partial charge < -0.3 is 10.3 Å². The quantitative estimate of drug-likeness (QED) is 0.495. The molecule has 4 aromatic rings. The van der Waals surface area contributed by atoms with Crippen LogP contribution in [0.5, 0.6) is 0 Å². The lowest BCUT2D eigenvalue weighted by Crippen LogP contribution is -2.15. The molecule has 2 N–H and O–H groups in total. The summed E-state index contributed by atoms with van der Waals surface area (Å²) in [6.45, 7) is 0. The number of nitrogens with one attached hydrogen (secondary N) is 2. The van der Waals surface area contributed by atoms with Gasteiger partial charge in [-0.25, -0.2) is 9.67 Å². The molecule has 3 aromatic heterocycles. The van der Waals surface area contributed by atoms with Crippen molar-refractivity contribution in [2.24, 2.45) is 10.9 Å². The summed E-state index contributed by atoms with van der Waals surface area (Å²) in [5.41, 5.74) is 4.34. The topological polar surface area (TPSA) is 101 Å². The molecule has 0 atom stereocenters. The van der Waals surface area contributed by atoms with Crippen LogP contribution in [-0.2, 0) is 4.79 Å². The van der Waals surface area contributed by atoms with Gasteiger partial charge in [-0.3, -0.25) is 9.79 Å². The van der Waals surface area contributed by atoms with Crippen molar-refractivity contribution in [1.82, 2.24) is 25.0 Å². The number of carbonyl (C=O) groups excluding carboxylic acids is 1. The van der Waals surface area contributed by atoms with Gasteiger partial charge in [-0.1, -0.05) is 17.1 Å². The predicted molar refractivity (Wildman–Crippen MR) is 121 cm³/mol. The van der Waals surface area contributed by atoms with Crippen LogP contribution in [0.1, 0.15) is 42.9 Å². The number of hydrogen-bond donors (Lipinski definition) is 2. The van der Waals surface area contributed by atoms with Gasteiger partial charge >= 0.3 is 0 Å². The Morgan fingerprint density at radius 1 is 1.19 bits per heavy atom. The summed E-state index contributed by atoms with van der Waals surface area (Å²) in [4.78, 5) is 24.1. The second-order valence-electron chi connectivity index (χ2n) is 8.37. The molecule has 0 saturated heterocycles. The van der Waals surface area contributed by atoms with E-state index in [4.69, 9.17) is 0 Å². The Hall–Kier alpha value is -3.99. The van der Waals surface area contributed by atoms with Crippen LogP contribution in [0.25, 0.3) is 21.8 Å². The minimum absolute atomic E-state index is 0.0292. The van der Waals surface area contributed by atoms with Crippen molar-refractivity contribution in [3.05, 3.63) is 53.3 Å². The van der Waals surface area contributed by atoms with Crippen LogP contribution in [-0.4, -0.2) is 37.9 Å². The van der Waals surface area contributed by atoms with Crippen LogP contribution >= 0.6 is 0 Å². The molecule has 2 aliphatic carbocycles. The molecule has 6 rings (SSSR count). The van der Waals surface area contributed by atoms with Gasteiger partial charge in [0.2, 0.25) is 5.91 Å². The van der Waals surface area contributed by atoms with E-state index in [-0.39, 0.29) is 11.8 Å². The van der Waals surface area contributed by atoms with E-state index < -0.39 is 0 Å². The molecule has 0 unspecified atom stereocenters. The number of fused-ring (bicyclic) bond motifs is 2. The summed E-state index contributed by atoms with van der Waals surface area (Å²) in [5.74, 6) is 7.23. The van der Waals surface area contributed by atoms with Crippen LogP contribution in [0.2, 0.25) is 0 Å². The molecular formula is C24H21N7O. The Morgan fingerprint density at radius 3 is 2.84 bits per heavy atom. The molecule has 158 valence electrons. The highest BCUT2D eigenvalue weighted by atomic mass is 16.2. The first-order valence-corrected chi connectivity index (χ1v) is 10.8. The Labute approximate surface area is 183 Å². The maximum absolute atomic E-state index is 12.2. The summed E-state index contributed by atoms with van der Waals surface area (Å²) >= 11 is 0. The van der Waals surface area contributed by atoms with Gasteiger partial charge in [0, 0.05) is 47.3 Å². The minimum atomic E-state index is 0.0292. The maximum atomic E-state index is 12.2. The van der Waals surface area contributed by atoms with E-state index in [1.807, 2.05) is 35.1 Å². The highest BCUT2D eigenvalue weighted by Gasteiger charge is 2.30. The summed E-state index contributed by atoms with van der Waals surface area (Å²) in [6.07, 6.45) is 7.77. The van der Waals surface area contributed by atoms with Crippen LogP contribution in [0.15, 0.2) is 41.7 Å². The van der Waals surface area contributed by atoms with Crippen molar-refractivity contribution in [3.8, 4) is 11.8 Å². The van der Waals surface area contributed by atoms with E-state index in [1.54, 1.807) is 13.2 Å². The number of anilines is 1. The molecule has 1 amide bonds. The maximum Gasteiger partial charge on any atom is 0.228 e. The molecular weight excluding hydrogens is 402 g/mol. The molecule has 0 spiro atoms. The average Bonchev–Trinajstić information content (AvgIpc) is 3.74. The van der Waals surface area contributed by atoms with Gasteiger partial charge in [0.15, 0.2) is 0 Å². The third kappa shape index (κ3) is 3.42. The van der Waals surface area contributed by atoms with E-state index >= 15 is 0 Å². The second-order valence-corrected chi connectivity index (χ2v) is 8.37. The zero-order valence-electron chi connectivity index (χ0n) is 17.6. The summed E-state index contributed by atoms with van der Waals surface area (Å²) < 4.78 is 2.00. The summed E-state index contributed by atoms with van der Waals surface area (Å²) in [5, 5.41) is 13.2. The zero-order chi connectivity index (χ0) is 21.7. The van der Waals surface area contributed by atoms with Gasteiger partial charge in [0.1, 0.15) is 16.8 Å². The van der Waals surface area contributed by atoms with Crippen molar-refractivity contribution in [3.63, 3.8) is 0 Å². The Bertz CT molecular complexity index is 1510. The number of hydrogen-bond acceptors (Lipinski definition) is 5. The number of benzene rings is 1. The molecule has 8 nitrogen and oxygen atoms in total. The molecule has 32 heavy (non-hydrogen) atoms. The molecule has 2 saturated carbocycles. The number of carbonyl (C=O) groups is 1. The fourth-order valence-corrected chi connectivity index (χ4v) is 3.84. The van der Waals surface area contributed by atoms with Crippen molar-refractivity contribution in [2.75, 3.05) is 12.4 Å². The first-order chi connectivity index (χ1) is 15.7. The average molecular weight is 423 g/mol. The van der Waals surface area contributed by atoms with E-state index in [2.05, 4.69) is 42.4 Å². The van der Waals surface area contributed by atoms with Gasteiger partial charge in [-0.05, 0) is 49.9 Å². The Balaban J connectivity index is 1.41. The minimum Gasteiger partial charge on any atom is -0.345 e. The standard InChI is InChI=1S/C24H21N7O/c1-25-23-19-13-26-22(28-24(32)15-5-6-15)11-18(19)16(12-27-23)4-2-14-3-9-20-21(10-14)31(30-29-20)17-7-8-17/h3,9-13,15,17H,5-8H2,1H3,(H,25,27)(H,26,28,32). The molecule has 2 fully saturated rings. The molecule has 3 heterocycles. The van der Waals surface area contributed by atoms with Gasteiger partial charge in [0.05, 0.1) is 11.6 Å². The van der Waals surface area contributed by atoms with Crippen LogP contribution in [0.4, 0.5) is 5.82 Å². The lowest BCUT2D eigenvalue weighted by molar-refractivity contribution is -0.117. The SMILES string of the molecule is CN=c1[nH]cc(C#Cc2ccc3nnn(C4CC4)c3c2)c2cc(NC(=O)C3CC3)ncc12. The molecule has 0 aliphatic heterocycles. The second kappa shape index (κ2) is 7.31. The molecule has 1 aromatic carbocycles. The third-order valence-electron chi connectivity index (χ3n) is 5.93. The first-order valence-electron chi connectivity index (χ1n) is 10.8. The predicted octanol–water partition coefficient (Wildman–Crippen LogP) is 2.92. The van der Waals surface area contributed by atoms with E-state index in [0.717, 1.165) is 64.1 Å². The normalized spacial score (nSPS) is 16.2. The number of H-pyrrole nitrogens is 1. The smallest absolute Gasteiger partial charge is 0.228 e. The molecule has 8 heteroatoms. The lowest BCUT2D eigenvalue weighted by Gasteiger charge is -2.07. The van der Waals surface area contributed by atoms with Gasteiger partial charge in [0.25, 0.3) is 0 Å². The molecule has 0 radical (unpaired) electrons. The first kappa shape index (κ1) is 18.8. The number of aromatic amines is 1. The highest BCUT2D eigenvalue weighted by molar-refractivity contribution is 5.96. The monoisotopic (exact) mass is 423 g/mol. The van der Waals surface area contributed by atoms with E-state index in [9.17, 15) is 4.79 Å².